The Morgan fingerprint density at radius 3 is 1.82 bits per heavy atom. The molecule has 5 aromatic rings. The van der Waals surface area contributed by atoms with Gasteiger partial charge in [-0.15, -0.1) is 22.7 Å². The lowest BCUT2D eigenvalue weighted by Crippen LogP contribution is -2.32. The molecule has 61 heavy (non-hydrogen) atoms. The number of Topliss-reactive ketones (excluding diaryl/α,β-unsaturated/α-hetero) is 2. The molecule has 4 aliphatic rings. The van der Waals surface area contributed by atoms with Crippen LogP contribution in [0.4, 0.5) is 0 Å². The van der Waals surface area contributed by atoms with E-state index < -0.39 is 23.8 Å². The Morgan fingerprint density at radius 2 is 1.26 bits per heavy atom. The van der Waals surface area contributed by atoms with E-state index >= 15 is 0 Å². The van der Waals surface area contributed by atoms with E-state index in [0.717, 1.165) is 80.8 Å². The van der Waals surface area contributed by atoms with Crippen LogP contribution in [0.3, 0.4) is 0 Å². The van der Waals surface area contributed by atoms with Crippen LogP contribution >= 0.6 is 22.7 Å². The van der Waals surface area contributed by atoms with Gasteiger partial charge in [-0.2, -0.15) is 0 Å². The molecule has 2 atom stereocenters. The lowest BCUT2D eigenvalue weighted by atomic mass is 9.78. The van der Waals surface area contributed by atoms with Crippen molar-refractivity contribution >= 4 is 72.5 Å². The molecule has 312 valence electrons. The van der Waals surface area contributed by atoms with Crippen molar-refractivity contribution < 1.29 is 38.6 Å². The Balaban J connectivity index is 0.000000169. The number of carboxylic acids is 1. The number of carbonyl (C=O) groups excluding carboxylic acids is 4. The monoisotopic (exact) mass is 855 g/mol. The molecule has 5 heterocycles. The first-order chi connectivity index (χ1) is 29.4. The number of aromatic nitrogens is 1. The summed E-state index contributed by atoms with van der Waals surface area (Å²) in [6.07, 6.45) is 5.77. The maximum absolute atomic E-state index is 13.6. The van der Waals surface area contributed by atoms with Crippen LogP contribution in [0.1, 0.15) is 92.3 Å². The zero-order chi connectivity index (χ0) is 43.1. The Kier molecular flexibility index (Phi) is 11.6. The number of hydrogen-bond donors (Lipinski definition) is 3. The largest absolute Gasteiger partial charge is 0.478 e. The molecule has 9 rings (SSSR count). The average molecular weight is 856 g/mol. The third kappa shape index (κ3) is 8.07. The van der Waals surface area contributed by atoms with Crippen molar-refractivity contribution in [2.24, 2.45) is 11.8 Å². The highest BCUT2D eigenvalue weighted by Gasteiger charge is 2.44. The van der Waals surface area contributed by atoms with Crippen LogP contribution in [-0.4, -0.2) is 46.7 Å². The van der Waals surface area contributed by atoms with Gasteiger partial charge in [0.05, 0.1) is 23.8 Å². The van der Waals surface area contributed by atoms with Crippen molar-refractivity contribution in [1.29, 1.82) is 0 Å². The summed E-state index contributed by atoms with van der Waals surface area (Å²) < 4.78 is 11.5. The third-order valence-corrected chi connectivity index (χ3v) is 13.6. The van der Waals surface area contributed by atoms with Gasteiger partial charge in [0.15, 0.2) is 11.6 Å². The van der Waals surface area contributed by atoms with Gasteiger partial charge in [-0.1, -0.05) is 48.5 Å². The summed E-state index contributed by atoms with van der Waals surface area (Å²) in [6, 6.07) is 18.6. The normalized spacial score (nSPS) is 19.0. The Hall–Kier alpha value is -6.18. The van der Waals surface area contributed by atoms with Crippen LogP contribution in [0, 0.1) is 11.8 Å². The summed E-state index contributed by atoms with van der Waals surface area (Å²) in [4.78, 5) is 68.8. The number of hydrogen-bond acceptors (Lipinski definition) is 12. The van der Waals surface area contributed by atoms with Gasteiger partial charge in [-0.3, -0.25) is 9.59 Å². The highest BCUT2D eigenvalue weighted by atomic mass is 32.1. The number of nitrogens with one attached hydrogen (secondary N) is 2. The zero-order valence-corrected chi connectivity index (χ0v) is 36.1. The maximum atomic E-state index is 13.6. The molecule has 2 aliphatic carbocycles. The summed E-state index contributed by atoms with van der Waals surface area (Å²) in [6.45, 7) is 7.01. The van der Waals surface area contributed by atoms with Crippen LogP contribution in [-0.2, 0) is 35.3 Å². The summed E-state index contributed by atoms with van der Waals surface area (Å²) in [7, 11) is 1.34. The molecule has 13 heteroatoms. The summed E-state index contributed by atoms with van der Waals surface area (Å²) in [5.74, 6) is -2.54. The minimum Gasteiger partial charge on any atom is -0.478 e. The van der Waals surface area contributed by atoms with Gasteiger partial charge >= 0.3 is 17.9 Å². The first kappa shape index (κ1) is 41.5. The molecule has 0 spiro atoms. The van der Waals surface area contributed by atoms with Gasteiger partial charge in [0.2, 0.25) is 0 Å². The quantitative estimate of drug-likeness (QED) is 0.109. The highest BCUT2D eigenvalue weighted by Crippen LogP contribution is 2.50. The molecule has 3 aromatic heterocycles. The molecule has 2 saturated carbocycles. The van der Waals surface area contributed by atoms with E-state index in [1.807, 2.05) is 73.1 Å². The lowest BCUT2D eigenvalue weighted by Gasteiger charge is -2.31. The van der Waals surface area contributed by atoms with E-state index in [1.165, 1.54) is 36.7 Å². The summed E-state index contributed by atoms with van der Waals surface area (Å²) in [5, 5.41) is 21.8. The van der Waals surface area contributed by atoms with Gasteiger partial charge in [-0.05, 0) is 110 Å². The second-order valence-electron chi connectivity index (χ2n) is 15.8. The summed E-state index contributed by atoms with van der Waals surface area (Å²) >= 11 is 2.85. The second-order valence-corrected chi connectivity index (χ2v) is 17.5. The second kappa shape index (κ2) is 17.1. The van der Waals surface area contributed by atoms with Crippen molar-refractivity contribution in [3.05, 3.63) is 145 Å². The number of dihydropyridines is 2. The van der Waals surface area contributed by atoms with Crippen LogP contribution < -0.4 is 10.6 Å². The minimum absolute atomic E-state index is 0.0496. The van der Waals surface area contributed by atoms with E-state index in [0.29, 0.717) is 32.9 Å². The molecule has 0 amide bonds. The fourth-order valence-corrected chi connectivity index (χ4v) is 10.6. The van der Waals surface area contributed by atoms with Crippen molar-refractivity contribution in [2.75, 3.05) is 7.11 Å². The first-order valence-corrected chi connectivity index (χ1v) is 22.0. The number of pyridine rings is 1. The molecule has 0 radical (unpaired) electrons. The molecule has 0 bridgehead atoms. The average Bonchev–Trinajstić information content (AvgIpc) is 4.19. The number of carboxylic acid groups (broad SMARTS) is 1. The Morgan fingerprint density at radius 1 is 0.705 bits per heavy atom. The molecule has 11 nitrogen and oxygen atoms in total. The number of ether oxygens (including phenoxy) is 2. The molecule has 2 fully saturated rings. The number of aromatic carboxylic acids is 1. The van der Waals surface area contributed by atoms with Crippen LogP contribution in [0.15, 0.2) is 123 Å². The lowest BCUT2D eigenvalue weighted by molar-refractivity contribution is -0.140. The van der Waals surface area contributed by atoms with E-state index in [1.54, 1.807) is 25.3 Å². The third-order valence-electron chi connectivity index (χ3n) is 11.6. The number of methoxy groups -OCH3 is 1. The molecule has 3 N–H and O–H groups in total. The number of benzene rings is 2. The van der Waals surface area contributed by atoms with Crippen molar-refractivity contribution in [3.8, 4) is 0 Å². The molecule has 2 unspecified atom stereocenters. The molecular formula is C48H45N3O8S2. The predicted octanol–water partition coefficient (Wildman–Crippen LogP) is 9.24. The fourth-order valence-electron chi connectivity index (χ4n) is 8.60. The molecule has 2 aliphatic heterocycles. The van der Waals surface area contributed by atoms with Crippen molar-refractivity contribution in [3.63, 3.8) is 0 Å². The number of thiophene rings is 2. The van der Waals surface area contributed by atoms with E-state index in [4.69, 9.17) is 9.47 Å². The number of fused-ring (bicyclic) bond motifs is 2. The predicted molar refractivity (Wildman–Crippen MR) is 235 cm³/mol. The van der Waals surface area contributed by atoms with Crippen molar-refractivity contribution in [2.45, 2.75) is 71.8 Å². The molecule has 0 saturated heterocycles. The highest BCUT2D eigenvalue weighted by molar-refractivity contribution is 7.18. The Bertz CT molecular complexity index is 2770. The van der Waals surface area contributed by atoms with Crippen LogP contribution in [0.5, 0.6) is 0 Å². The van der Waals surface area contributed by atoms with Gasteiger partial charge in [0, 0.05) is 62.1 Å². The standard InChI is InChI=1S/C26H24N2O3S.C22H21NO5S/c1-15-21(16(2)29)22(20-14-32-25-19(20)9-6-12-27-25)23(24(28-15)18-10-11-18)26(30)31-13-17-7-4-3-5-8-17;1-10-16(11(2)24)17(18(22(27)28-3)19(23-10)12-7-8-12)15-9-29-20-13(15)5-4-6-14(20)21(25)26/h3-9,12,14,18,22,28H,10-11,13H2,1-2H3;4-6,9,12,17,23H,7-8H2,1-3H3,(H,25,26). The molecular weight excluding hydrogens is 811 g/mol. The molecule has 2 aromatic carbocycles. The number of ketones is 2. The van der Waals surface area contributed by atoms with Crippen molar-refractivity contribution in [1.82, 2.24) is 15.6 Å². The SMILES string of the molecule is CC(=O)C1=C(C)NC(C2CC2)=C(C(=O)OCc2ccccc2)C1c1csc2ncccc12.COC(=O)C1=C(C2CC2)NC(C)=C(C(C)=O)C1c1csc2c(C(=O)O)cccc12. The fraction of sp³-hybridized carbons (Fsp3) is 0.292. The number of rotatable bonds is 11. The van der Waals surface area contributed by atoms with Gasteiger partial charge in [0.1, 0.15) is 11.4 Å². The number of allylic oxidation sites excluding steroid dienone is 6. The van der Waals surface area contributed by atoms with Crippen LogP contribution in [0.2, 0.25) is 0 Å². The smallest absolute Gasteiger partial charge is 0.337 e. The van der Waals surface area contributed by atoms with E-state index in [2.05, 4.69) is 15.6 Å². The van der Waals surface area contributed by atoms with Gasteiger partial charge in [-0.25, -0.2) is 19.4 Å². The zero-order valence-electron chi connectivity index (χ0n) is 34.4. The topological polar surface area (TPSA) is 161 Å². The van der Waals surface area contributed by atoms with Crippen LogP contribution in [0.25, 0.3) is 20.3 Å². The first-order valence-electron chi connectivity index (χ1n) is 20.2. The van der Waals surface area contributed by atoms with E-state index in [-0.39, 0.29) is 35.6 Å². The van der Waals surface area contributed by atoms with Gasteiger partial charge in [0.25, 0.3) is 0 Å². The number of nitrogens with zero attached hydrogens (tertiary/aromatic N) is 1. The maximum Gasteiger partial charge on any atom is 0.337 e. The van der Waals surface area contributed by atoms with Gasteiger partial charge < -0.3 is 25.2 Å². The number of esters is 2. The summed E-state index contributed by atoms with van der Waals surface area (Å²) in [5.41, 5.74) is 8.23. The number of carbonyl (C=O) groups is 5. The van der Waals surface area contributed by atoms with E-state index in [9.17, 15) is 29.1 Å². The minimum atomic E-state index is -1.00. The Labute approximate surface area is 360 Å².